The van der Waals surface area contributed by atoms with Gasteiger partial charge in [0.25, 0.3) is 0 Å². The maximum absolute atomic E-state index is 5.80. The van der Waals surface area contributed by atoms with Gasteiger partial charge in [-0.05, 0) is 70.4 Å². The van der Waals surface area contributed by atoms with Crippen LogP contribution in [0.15, 0.2) is 16.7 Å². The van der Waals surface area contributed by atoms with Gasteiger partial charge in [-0.1, -0.05) is 13.3 Å². The van der Waals surface area contributed by atoms with E-state index in [1.807, 2.05) is 6.26 Å². The van der Waals surface area contributed by atoms with E-state index in [0.717, 1.165) is 13.1 Å². The highest BCUT2D eigenvalue weighted by molar-refractivity contribution is 5.19. The summed E-state index contributed by atoms with van der Waals surface area (Å²) < 4.78 is 5.80. The number of likely N-dealkylation sites (tertiary alicyclic amines) is 1. The second kappa shape index (κ2) is 7.11. The van der Waals surface area contributed by atoms with E-state index in [1.54, 1.807) is 0 Å². The summed E-state index contributed by atoms with van der Waals surface area (Å²) in [5, 5.41) is 3.60. The van der Waals surface area contributed by atoms with Gasteiger partial charge >= 0.3 is 0 Å². The van der Waals surface area contributed by atoms with Crippen molar-refractivity contribution in [2.75, 3.05) is 26.7 Å². The van der Waals surface area contributed by atoms with Crippen LogP contribution in [0.2, 0.25) is 0 Å². The predicted molar refractivity (Wildman–Crippen MR) is 79.3 cm³/mol. The van der Waals surface area contributed by atoms with Crippen LogP contribution in [0.25, 0.3) is 0 Å². The van der Waals surface area contributed by atoms with E-state index in [2.05, 4.69) is 37.2 Å². The lowest BCUT2D eigenvalue weighted by Gasteiger charge is -2.31. The fraction of sp³-hybridized carbons (Fsp3) is 0.750. The predicted octanol–water partition coefficient (Wildman–Crippen LogP) is 3.36. The Balaban J connectivity index is 2.13. The molecule has 0 radical (unpaired) electrons. The first-order valence-electron chi connectivity index (χ1n) is 7.69. The van der Waals surface area contributed by atoms with E-state index >= 15 is 0 Å². The number of rotatable bonds is 5. The fourth-order valence-corrected chi connectivity index (χ4v) is 3.20. The van der Waals surface area contributed by atoms with Gasteiger partial charge < -0.3 is 9.73 Å². The van der Waals surface area contributed by atoms with Crippen LogP contribution in [0.5, 0.6) is 0 Å². The van der Waals surface area contributed by atoms with Crippen LogP contribution in [0, 0.1) is 12.8 Å². The second-order valence-electron chi connectivity index (χ2n) is 5.85. The summed E-state index contributed by atoms with van der Waals surface area (Å²) in [6.07, 6.45) is 6.97. The molecule has 1 fully saturated rings. The summed E-state index contributed by atoms with van der Waals surface area (Å²) >= 11 is 0. The summed E-state index contributed by atoms with van der Waals surface area (Å²) in [4.78, 5) is 2.48. The molecule has 2 atom stereocenters. The van der Waals surface area contributed by atoms with Gasteiger partial charge in [-0.2, -0.15) is 0 Å². The van der Waals surface area contributed by atoms with Gasteiger partial charge in [0.2, 0.25) is 0 Å². The van der Waals surface area contributed by atoms with E-state index in [9.17, 15) is 0 Å². The SMILES string of the molecule is CCCNCC1CCCCN(C)C1c1occc1C. The van der Waals surface area contributed by atoms with E-state index in [1.165, 1.54) is 43.6 Å². The van der Waals surface area contributed by atoms with Crippen LogP contribution in [0.1, 0.15) is 50.0 Å². The highest BCUT2D eigenvalue weighted by Crippen LogP contribution is 2.35. The van der Waals surface area contributed by atoms with Crippen LogP contribution >= 0.6 is 0 Å². The summed E-state index contributed by atoms with van der Waals surface area (Å²) in [6, 6.07) is 2.52. The van der Waals surface area contributed by atoms with Crippen LogP contribution in [-0.4, -0.2) is 31.6 Å². The maximum atomic E-state index is 5.80. The molecule has 1 aliphatic heterocycles. The highest BCUT2D eigenvalue weighted by Gasteiger charge is 2.31. The third kappa shape index (κ3) is 3.61. The zero-order chi connectivity index (χ0) is 13.7. The summed E-state index contributed by atoms with van der Waals surface area (Å²) in [5.74, 6) is 1.83. The number of nitrogens with one attached hydrogen (secondary N) is 1. The van der Waals surface area contributed by atoms with Crippen molar-refractivity contribution < 1.29 is 4.42 Å². The number of nitrogens with zero attached hydrogens (tertiary/aromatic N) is 1. The van der Waals surface area contributed by atoms with Crippen molar-refractivity contribution in [1.82, 2.24) is 10.2 Å². The second-order valence-corrected chi connectivity index (χ2v) is 5.85. The molecular weight excluding hydrogens is 236 g/mol. The molecule has 2 unspecified atom stereocenters. The largest absolute Gasteiger partial charge is 0.467 e. The lowest BCUT2D eigenvalue weighted by molar-refractivity contribution is 0.162. The van der Waals surface area contributed by atoms with E-state index in [0.29, 0.717) is 12.0 Å². The first-order valence-corrected chi connectivity index (χ1v) is 7.69. The molecule has 1 aromatic rings. The molecule has 0 aromatic carbocycles. The van der Waals surface area contributed by atoms with Gasteiger partial charge in [0.15, 0.2) is 0 Å². The topological polar surface area (TPSA) is 28.4 Å². The molecule has 2 rings (SSSR count). The van der Waals surface area contributed by atoms with E-state index in [4.69, 9.17) is 4.42 Å². The quantitative estimate of drug-likeness (QED) is 0.827. The van der Waals surface area contributed by atoms with Crippen molar-refractivity contribution >= 4 is 0 Å². The summed E-state index contributed by atoms with van der Waals surface area (Å²) in [6.45, 7) is 7.77. The molecule has 3 nitrogen and oxygen atoms in total. The molecule has 3 heteroatoms. The molecule has 1 saturated heterocycles. The Labute approximate surface area is 117 Å². The highest BCUT2D eigenvalue weighted by atomic mass is 16.3. The molecule has 108 valence electrons. The molecule has 0 aliphatic carbocycles. The Bertz CT molecular complexity index is 375. The van der Waals surface area contributed by atoms with Gasteiger partial charge in [-0.25, -0.2) is 0 Å². The summed E-state index contributed by atoms with van der Waals surface area (Å²) in [7, 11) is 2.24. The maximum Gasteiger partial charge on any atom is 0.124 e. The molecular formula is C16H28N2O. The molecule has 19 heavy (non-hydrogen) atoms. The number of hydrogen-bond acceptors (Lipinski definition) is 3. The first-order chi connectivity index (χ1) is 9.24. The zero-order valence-electron chi connectivity index (χ0n) is 12.6. The van der Waals surface area contributed by atoms with Crippen LogP contribution in [-0.2, 0) is 0 Å². The minimum atomic E-state index is 0.432. The fourth-order valence-electron chi connectivity index (χ4n) is 3.20. The van der Waals surface area contributed by atoms with E-state index in [-0.39, 0.29) is 0 Å². The van der Waals surface area contributed by atoms with Crippen molar-refractivity contribution in [3.8, 4) is 0 Å². The summed E-state index contributed by atoms with van der Waals surface area (Å²) in [5.41, 5.74) is 1.29. The van der Waals surface area contributed by atoms with Crippen LogP contribution in [0.4, 0.5) is 0 Å². The lowest BCUT2D eigenvalue weighted by Crippen LogP contribution is -2.35. The molecule has 1 N–H and O–H groups in total. The molecule has 1 aliphatic rings. The Morgan fingerprint density at radius 1 is 1.42 bits per heavy atom. The Morgan fingerprint density at radius 2 is 2.26 bits per heavy atom. The molecule has 2 heterocycles. The normalized spacial score (nSPS) is 25.4. The molecule has 0 spiro atoms. The lowest BCUT2D eigenvalue weighted by atomic mass is 9.91. The minimum Gasteiger partial charge on any atom is -0.467 e. The van der Waals surface area contributed by atoms with E-state index < -0.39 is 0 Å². The van der Waals surface area contributed by atoms with Crippen LogP contribution < -0.4 is 5.32 Å². The molecule has 0 bridgehead atoms. The minimum absolute atomic E-state index is 0.432. The molecule has 1 aromatic heterocycles. The van der Waals surface area contributed by atoms with Crippen LogP contribution in [0.3, 0.4) is 0 Å². The third-order valence-corrected chi connectivity index (χ3v) is 4.26. The van der Waals surface area contributed by atoms with Crippen molar-refractivity contribution in [3.63, 3.8) is 0 Å². The van der Waals surface area contributed by atoms with Crippen molar-refractivity contribution in [2.24, 2.45) is 5.92 Å². The van der Waals surface area contributed by atoms with Crippen molar-refractivity contribution in [3.05, 3.63) is 23.7 Å². The standard InChI is InChI=1S/C16H28N2O/c1-4-9-17-12-14-7-5-6-10-18(3)15(14)16-13(2)8-11-19-16/h8,11,14-15,17H,4-7,9-10,12H2,1-3H3. The molecule has 0 saturated carbocycles. The van der Waals surface area contributed by atoms with Gasteiger partial charge in [0.1, 0.15) is 5.76 Å². The zero-order valence-corrected chi connectivity index (χ0v) is 12.6. The number of hydrogen-bond donors (Lipinski definition) is 1. The average molecular weight is 264 g/mol. The monoisotopic (exact) mass is 264 g/mol. The Morgan fingerprint density at radius 3 is 2.95 bits per heavy atom. The average Bonchev–Trinajstić information content (AvgIpc) is 2.72. The Hall–Kier alpha value is -0.800. The van der Waals surface area contributed by atoms with Gasteiger partial charge in [-0.15, -0.1) is 0 Å². The van der Waals surface area contributed by atoms with Gasteiger partial charge in [0, 0.05) is 0 Å². The Kier molecular flexibility index (Phi) is 5.46. The van der Waals surface area contributed by atoms with Gasteiger partial charge in [-0.3, -0.25) is 4.90 Å². The molecule has 0 amide bonds. The number of aryl methyl sites for hydroxylation is 1. The van der Waals surface area contributed by atoms with Crippen molar-refractivity contribution in [2.45, 2.75) is 45.6 Å². The van der Waals surface area contributed by atoms with Gasteiger partial charge in [0.05, 0.1) is 12.3 Å². The van der Waals surface area contributed by atoms with Crippen molar-refractivity contribution in [1.29, 1.82) is 0 Å². The first kappa shape index (κ1) is 14.6. The smallest absolute Gasteiger partial charge is 0.124 e. The number of furan rings is 1. The third-order valence-electron chi connectivity index (χ3n) is 4.26.